The topological polar surface area (TPSA) is 26.0 Å². The van der Waals surface area contributed by atoms with Gasteiger partial charge < -0.3 is 5.73 Å². The summed E-state index contributed by atoms with van der Waals surface area (Å²) in [7, 11) is 0. The molecule has 0 saturated heterocycles. The molecule has 1 rings (SSSR count). The van der Waals surface area contributed by atoms with Crippen molar-refractivity contribution in [3.63, 3.8) is 0 Å². The van der Waals surface area contributed by atoms with E-state index in [4.69, 9.17) is 5.73 Å². The fourth-order valence-corrected chi connectivity index (χ4v) is 2.46. The largest absolute Gasteiger partial charge is 0.330 e. The van der Waals surface area contributed by atoms with Crippen LogP contribution >= 0.6 is 0 Å². The molecule has 2 atom stereocenters. The molecule has 11 heavy (non-hydrogen) atoms. The molecule has 0 spiro atoms. The third kappa shape index (κ3) is 1.96. The van der Waals surface area contributed by atoms with Gasteiger partial charge in [-0.2, -0.15) is 0 Å². The van der Waals surface area contributed by atoms with Crippen LogP contribution in [0.1, 0.15) is 40.0 Å². The second-order valence-corrected chi connectivity index (χ2v) is 4.90. The Morgan fingerprint density at radius 3 is 2.27 bits per heavy atom. The molecule has 0 unspecified atom stereocenters. The lowest BCUT2D eigenvalue weighted by atomic mass is 9.75. The number of hydrogen-bond donors (Lipinski definition) is 1. The highest BCUT2D eigenvalue weighted by Gasteiger charge is 2.34. The van der Waals surface area contributed by atoms with Crippen molar-refractivity contribution >= 4 is 0 Å². The van der Waals surface area contributed by atoms with E-state index in [0.717, 1.165) is 18.4 Å². The molecular weight excluding hydrogens is 134 g/mol. The third-order valence-electron chi connectivity index (χ3n) is 3.07. The maximum Gasteiger partial charge on any atom is -0.00460 e. The first kappa shape index (κ1) is 9.05. The fourth-order valence-electron chi connectivity index (χ4n) is 2.46. The van der Waals surface area contributed by atoms with Crippen molar-refractivity contribution in [3.8, 4) is 0 Å². The van der Waals surface area contributed by atoms with Gasteiger partial charge in [-0.15, -0.1) is 0 Å². The molecule has 0 amide bonds. The molecule has 1 heteroatoms. The van der Waals surface area contributed by atoms with Crippen LogP contribution in [-0.4, -0.2) is 6.54 Å². The zero-order chi connectivity index (χ0) is 8.48. The first-order chi connectivity index (χ1) is 5.05. The van der Waals surface area contributed by atoms with Crippen molar-refractivity contribution in [1.29, 1.82) is 0 Å². The molecule has 1 nitrogen and oxygen atoms in total. The summed E-state index contributed by atoms with van der Waals surface area (Å²) < 4.78 is 0. The predicted molar refractivity (Wildman–Crippen MR) is 49.3 cm³/mol. The Bertz CT molecular complexity index is 123. The lowest BCUT2D eigenvalue weighted by molar-refractivity contribution is 0.189. The average Bonchev–Trinajstić information content (AvgIpc) is 2.31. The van der Waals surface area contributed by atoms with Gasteiger partial charge in [0.2, 0.25) is 0 Å². The summed E-state index contributed by atoms with van der Waals surface area (Å²) in [5.74, 6) is 1.67. The molecule has 0 aromatic heterocycles. The van der Waals surface area contributed by atoms with E-state index in [1.165, 1.54) is 19.3 Å². The molecular formula is C10H21N. The van der Waals surface area contributed by atoms with Crippen molar-refractivity contribution in [2.45, 2.75) is 40.0 Å². The predicted octanol–water partition coefficient (Wildman–Crippen LogP) is 2.41. The van der Waals surface area contributed by atoms with E-state index in [1.54, 1.807) is 0 Å². The molecule has 0 bridgehead atoms. The van der Waals surface area contributed by atoms with Crippen LogP contribution in [0.15, 0.2) is 0 Å². The molecule has 0 aromatic rings. The van der Waals surface area contributed by atoms with Gasteiger partial charge in [-0.05, 0) is 36.6 Å². The highest BCUT2D eigenvalue weighted by Crippen LogP contribution is 2.42. The quantitative estimate of drug-likeness (QED) is 0.618. The van der Waals surface area contributed by atoms with Crippen molar-refractivity contribution in [1.82, 2.24) is 0 Å². The van der Waals surface area contributed by atoms with Gasteiger partial charge in [0.15, 0.2) is 0 Å². The van der Waals surface area contributed by atoms with Crippen LogP contribution in [0.2, 0.25) is 0 Å². The number of rotatable bonds is 1. The molecule has 1 fully saturated rings. The Morgan fingerprint density at radius 1 is 1.27 bits per heavy atom. The van der Waals surface area contributed by atoms with E-state index in [2.05, 4.69) is 20.8 Å². The molecule has 1 saturated carbocycles. The van der Waals surface area contributed by atoms with Crippen LogP contribution in [0.4, 0.5) is 0 Å². The minimum atomic E-state index is 0.473. The van der Waals surface area contributed by atoms with Crippen LogP contribution in [0.5, 0.6) is 0 Å². The molecule has 66 valence electrons. The van der Waals surface area contributed by atoms with Crippen molar-refractivity contribution in [2.75, 3.05) is 6.54 Å². The molecule has 0 heterocycles. The van der Waals surface area contributed by atoms with Gasteiger partial charge in [-0.25, -0.2) is 0 Å². The molecule has 0 aromatic carbocycles. The number of nitrogens with two attached hydrogens (primary N) is 1. The SMILES string of the molecule is CC(C)(C)[C@H]1CCC[C@H]1CN. The lowest BCUT2D eigenvalue weighted by Crippen LogP contribution is -2.28. The minimum Gasteiger partial charge on any atom is -0.330 e. The first-order valence-electron chi connectivity index (χ1n) is 4.76. The van der Waals surface area contributed by atoms with Crippen molar-refractivity contribution in [3.05, 3.63) is 0 Å². The van der Waals surface area contributed by atoms with E-state index in [1.807, 2.05) is 0 Å². The summed E-state index contributed by atoms with van der Waals surface area (Å²) >= 11 is 0. The van der Waals surface area contributed by atoms with E-state index in [-0.39, 0.29) is 0 Å². The van der Waals surface area contributed by atoms with E-state index < -0.39 is 0 Å². The Kier molecular flexibility index (Phi) is 2.58. The number of hydrogen-bond acceptors (Lipinski definition) is 1. The summed E-state index contributed by atoms with van der Waals surface area (Å²) in [5, 5.41) is 0. The lowest BCUT2D eigenvalue weighted by Gasteiger charge is -2.31. The minimum absolute atomic E-state index is 0.473. The molecule has 1 aliphatic rings. The highest BCUT2D eigenvalue weighted by atomic mass is 14.6. The zero-order valence-corrected chi connectivity index (χ0v) is 8.06. The van der Waals surface area contributed by atoms with E-state index in [0.29, 0.717) is 5.41 Å². The maximum atomic E-state index is 5.72. The van der Waals surface area contributed by atoms with Crippen LogP contribution in [0.25, 0.3) is 0 Å². The Morgan fingerprint density at radius 2 is 1.91 bits per heavy atom. The Hall–Kier alpha value is -0.0400. The van der Waals surface area contributed by atoms with Crippen LogP contribution in [0.3, 0.4) is 0 Å². The van der Waals surface area contributed by atoms with Crippen LogP contribution in [-0.2, 0) is 0 Å². The normalized spacial score (nSPS) is 32.7. The maximum absolute atomic E-state index is 5.72. The molecule has 1 aliphatic carbocycles. The van der Waals surface area contributed by atoms with Gasteiger partial charge in [-0.1, -0.05) is 27.2 Å². The first-order valence-corrected chi connectivity index (χ1v) is 4.76. The Labute approximate surface area is 70.4 Å². The van der Waals surface area contributed by atoms with Gasteiger partial charge in [0.25, 0.3) is 0 Å². The standard InChI is InChI=1S/C10H21N/c1-10(2,3)9-6-4-5-8(9)7-11/h8-9H,4-7,11H2,1-3H3/t8-,9-/m0/s1. The zero-order valence-electron chi connectivity index (χ0n) is 8.06. The van der Waals surface area contributed by atoms with Gasteiger partial charge in [0, 0.05) is 0 Å². The van der Waals surface area contributed by atoms with Gasteiger partial charge in [-0.3, -0.25) is 0 Å². The Balaban J connectivity index is 2.57. The van der Waals surface area contributed by atoms with Crippen molar-refractivity contribution in [2.24, 2.45) is 23.0 Å². The second kappa shape index (κ2) is 3.14. The van der Waals surface area contributed by atoms with Crippen LogP contribution < -0.4 is 5.73 Å². The van der Waals surface area contributed by atoms with Gasteiger partial charge >= 0.3 is 0 Å². The average molecular weight is 155 g/mol. The second-order valence-electron chi connectivity index (χ2n) is 4.90. The summed E-state index contributed by atoms with van der Waals surface area (Å²) in [6.07, 6.45) is 4.15. The monoisotopic (exact) mass is 155 g/mol. The molecule has 0 aliphatic heterocycles. The van der Waals surface area contributed by atoms with E-state index >= 15 is 0 Å². The molecule has 0 radical (unpaired) electrons. The van der Waals surface area contributed by atoms with Crippen LogP contribution in [0, 0.1) is 17.3 Å². The summed E-state index contributed by atoms with van der Waals surface area (Å²) in [4.78, 5) is 0. The third-order valence-corrected chi connectivity index (χ3v) is 3.07. The van der Waals surface area contributed by atoms with Gasteiger partial charge in [0.05, 0.1) is 0 Å². The fraction of sp³-hybridized carbons (Fsp3) is 1.00. The summed E-state index contributed by atoms with van der Waals surface area (Å²) in [5.41, 5.74) is 6.19. The van der Waals surface area contributed by atoms with Crippen molar-refractivity contribution < 1.29 is 0 Å². The van der Waals surface area contributed by atoms with Gasteiger partial charge in [0.1, 0.15) is 0 Å². The highest BCUT2D eigenvalue weighted by molar-refractivity contribution is 4.85. The summed E-state index contributed by atoms with van der Waals surface area (Å²) in [6, 6.07) is 0. The molecule has 2 N–H and O–H groups in total. The van der Waals surface area contributed by atoms with E-state index in [9.17, 15) is 0 Å². The smallest absolute Gasteiger partial charge is 0.00460 e. The summed E-state index contributed by atoms with van der Waals surface area (Å²) in [6.45, 7) is 7.91.